The summed E-state index contributed by atoms with van der Waals surface area (Å²) in [4.78, 5) is 36.2. The molecule has 2 amide bonds. The van der Waals surface area contributed by atoms with Crippen molar-refractivity contribution in [3.8, 4) is 11.1 Å². The quantitative estimate of drug-likeness (QED) is 0.487. The fourth-order valence-electron chi connectivity index (χ4n) is 4.03. The van der Waals surface area contributed by atoms with Crippen LogP contribution >= 0.6 is 0 Å². The van der Waals surface area contributed by atoms with Gasteiger partial charge in [-0.1, -0.05) is 48.5 Å². The van der Waals surface area contributed by atoms with E-state index in [0.29, 0.717) is 5.69 Å². The van der Waals surface area contributed by atoms with Crippen molar-refractivity contribution in [2.45, 2.75) is 24.8 Å². The molecule has 1 atom stereocenters. The van der Waals surface area contributed by atoms with E-state index in [1.165, 1.54) is 10.9 Å². The number of carbonyl (C=O) groups is 3. The summed E-state index contributed by atoms with van der Waals surface area (Å²) < 4.78 is 7.00. The van der Waals surface area contributed by atoms with Crippen LogP contribution in [0.15, 0.2) is 60.9 Å². The number of nitrogens with one attached hydrogen (secondary N) is 2. The lowest BCUT2D eigenvalue weighted by molar-refractivity contribution is -0.137. The van der Waals surface area contributed by atoms with Crippen LogP contribution in [0.5, 0.6) is 0 Å². The number of nitrogens with zero attached hydrogens (tertiary/aromatic N) is 2. The topological polar surface area (TPSA) is 123 Å². The number of anilines is 1. The van der Waals surface area contributed by atoms with Crippen LogP contribution in [-0.4, -0.2) is 45.5 Å². The number of hydrogen-bond acceptors (Lipinski definition) is 5. The van der Waals surface area contributed by atoms with Crippen molar-refractivity contribution in [1.29, 1.82) is 0 Å². The molecule has 0 spiro atoms. The second kappa shape index (κ2) is 9.56. The molecule has 3 N–H and O–H groups in total. The molecular formula is C24H24N4O5. The first-order chi connectivity index (χ1) is 15.9. The zero-order chi connectivity index (χ0) is 23.4. The predicted molar refractivity (Wildman–Crippen MR) is 121 cm³/mol. The van der Waals surface area contributed by atoms with Crippen molar-refractivity contribution < 1.29 is 24.2 Å². The van der Waals surface area contributed by atoms with Crippen LogP contribution in [0.3, 0.4) is 0 Å². The van der Waals surface area contributed by atoms with Gasteiger partial charge in [0.25, 0.3) is 0 Å². The summed E-state index contributed by atoms with van der Waals surface area (Å²) in [6, 6.07) is 14.9. The van der Waals surface area contributed by atoms with Gasteiger partial charge in [-0.3, -0.25) is 14.3 Å². The Labute approximate surface area is 190 Å². The van der Waals surface area contributed by atoms with Gasteiger partial charge in [-0.25, -0.2) is 4.79 Å². The second-order valence-electron chi connectivity index (χ2n) is 7.85. The average Bonchev–Trinajstić information content (AvgIpc) is 3.35. The van der Waals surface area contributed by atoms with Gasteiger partial charge in [0, 0.05) is 25.6 Å². The molecule has 0 fully saturated rings. The molecule has 1 unspecified atom stereocenters. The Morgan fingerprint density at radius 2 is 1.73 bits per heavy atom. The lowest BCUT2D eigenvalue weighted by atomic mass is 9.98. The molecule has 2 aromatic carbocycles. The minimum absolute atomic E-state index is 0.0778. The maximum Gasteiger partial charge on any atom is 0.407 e. The Morgan fingerprint density at radius 3 is 2.30 bits per heavy atom. The van der Waals surface area contributed by atoms with Crippen LogP contribution < -0.4 is 10.6 Å². The standard InChI is InChI=1S/C24H24N4O5/c1-28-13-15(12-25-28)26-23(31)21(10-11-22(29)30)27-24(32)33-14-20-18-8-4-2-6-16(18)17-7-3-5-9-19(17)20/h2-9,12-13,20-21H,10-11,14H2,1H3,(H,26,31)(H,27,32)(H,29,30). The summed E-state index contributed by atoms with van der Waals surface area (Å²) >= 11 is 0. The van der Waals surface area contributed by atoms with Gasteiger partial charge in [-0.05, 0) is 28.7 Å². The summed E-state index contributed by atoms with van der Waals surface area (Å²) in [6.07, 6.45) is 1.91. The van der Waals surface area contributed by atoms with E-state index in [2.05, 4.69) is 15.7 Å². The molecule has 0 radical (unpaired) electrons. The minimum Gasteiger partial charge on any atom is -0.481 e. The fraction of sp³-hybridized carbons (Fsp3) is 0.250. The third kappa shape index (κ3) is 5.03. The number of aliphatic carboxylic acids is 1. The smallest absolute Gasteiger partial charge is 0.407 e. The van der Waals surface area contributed by atoms with E-state index in [1.807, 2.05) is 48.5 Å². The van der Waals surface area contributed by atoms with Gasteiger partial charge >= 0.3 is 12.1 Å². The number of ether oxygens (including phenoxy) is 1. The molecular weight excluding hydrogens is 424 g/mol. The summed E-state index contributed by atoms with van der Waals surface area (Å²) in [5, 5.41) is 18.1. The molecule has 9 heteroatoms. The van der Waals surface area contributed by atoms with Gasteiger partial charge in [0.1, 0.15) is 12.6 Å². The number of carboxylic acid groups (broad SMARTS) is 1. The molecule has 4 rings (SSSR count). The van der Waals surface area contributed by atoms with Crippen LogP contribution in [0, 0.1) is 0 Å². The fourth-order valence-corrected chi connectivity index (χ4v) is 4.03. The number of benzene rings is 2. The van der Waals surface area contributed by atoms with Gasteiger partial charge in [-0.15, -0.1) is 0 Å². The van der Waals surface area contributed by atoms with Crippen LogP contribution in [0.1, 0.15) is 29.9 Å². The maximum absolute atomic E-state index is 12.6. The third-order valence-corrected chi connectivity index (χ3v) is 5.57. The van der Waals surface area contributed by atoms with Crippen molar-refractivity contribution in [3.05, 3.63) is 72.1 Å². The summed E-state index contributed by atoms with van der Waals surface area (Å²) in [7, 11) is 1.70. The lowest BCUT2D eigenvalue weighted by Crippen LogP contribution is -2.44. The number of hydrogen-bond donors (Lipinski definition) is 3. The highest BCUT2D eigenvalue weighted by Crippen LogP contribution is 2.44. The van der Waals surface area contributed by atoms with Crippen LogP contribution in [0.25, 0.3) is 11.1 Å². The highest BCUT2D eigenvalue weighted by Gasteiger charge is 2.30. The summed E-state index contributed by atoms with van der Waals surface area (Å²) in [5.74, 6) is -1.73. The van der Waals surface area contributed by atoms with Crippen LogP contribution in [0.4, 0.5) is 10.5 Å². The average molecular weight is 448 g/mol. The summed E-state index contributed by atoms with van der Waals surface area (Å²) in [6.45, 7) is 0.0930. The molecule has 0 bridgehead atoms. The molecule has 170 valence electrons. The molecule has 1 heterocycles. The number of fused-ring (bicyclic) bond motifs is 3. The largest absolute Gasteiger partial charge is 0.481 e. The van der Waals surface area contributed by atoms with E-state index in [-0.39, 0.29) is 25.4 Å². The number of carbonyl (C=O) groups excluding carboxylic acids is 2. The monoisotopic (exact) mass is 448 g/mol. The number of carboxylic acids is 1. The molecule has 3 aromatic rings. The first-order valence-corrected chi connectivity index (χ1v) is 10.5. The van der Waals surface area contributed by atoms with E-state index < -0.39 is 24.0 Å². The first kappa shape index (κ1) is 22.1. The van der Waals surface area contributed by atoms with Crippen LogP contribution in [0.2, 0.25) is 0 Å². The molecule has 0 saturated carbocycles. The molecule has 1 aliphatic carbocycles. The second-order valence-corrected chi connectivity index (χ2v) is 7.85. The van der Waals surface area contributed by atoms with Crippen molar-refractivity contribution in [3.63, 3.8) is 0 Å². The Bertz CT molecular complexity index is 1140. The predicted octanol–water partition coefficient (Wildman–Crippen LogP) is 3.13. The number of rotatable bonds is 8. The third-order valence-electron chi connectivity index (χ3n) is 5.57. The van der Waals surface area contributed by atoms with E-state index in [9.17, 15) is 14.4 Å². The number of aromatic nitrogens is 2. The highest BCUT2D eigenvalue weighted by molar-refractivity contribution is 5.96. The van der Waals surface area contributed by atoms with Crippen molar-refractivity contribution in [1.82, 2.24) is 15.1 Å². The number of aryl methyl sites for hydroxylation is 1. The van der Waals surface area contributed by atoms with E-state index in [0.717, 1.165) is 22.3 Å². The van der Waals surface area contributed by atoms with Crippen molar-refractivity contribution in [2.24, 2.45) is 7.05 Å². The van der Waals surface area contributed by atoms with Gasteiger partial charge in [0.2, 0.25) is 5.91 Å². The number of alkyl carbamates (subject to hydrolysis) is 1. The Balaban J connectivity index is 1.42. The first-order valence-electron chi connectivity index (χ1n) is 10.5. The SMILES string of the molecule is Cn1cc(NC(=O)C(CCC(=O)O)NC(=O)OCC2c3ccccc3-c3ccccc32)cn1. The number of amides is 2. The van der Waals surface area contributed by atoms with Gasteiger partial charge in [0.05, 0.1) is 11.9 Å². The van der Waals surface area contributed by atoms with Crippen molar-refractivity contribution in [2.75, 3.05) is 11.9 Å². The molecule has 9 nitrogen and oxygen atoms in total. The minimum atomic E-state index is -1.07. The van der Waals surface area contributed by atoms with Gasteiger partial charge in [0.15, 0.2) is 0 Å². The summed E-state index contributed by atoms with van der Waals surface area (Å²) in [5.41, 5.74) is 4.80. The van der Waals surface area contributed by atoms with Gasteiger partial charge < -0.3 is 20.5 Å². The molecule has 1 aliphatic rings. The molecule has 1 aromatic heterocycles. The van der Waals surface area contributed by atoms with Gasteiger partial charge in [-0.2, -0.15) is 5.10 Å². The van der Waals surface area contributed by atoms with E-state index in [4.69, 9.17) is 9.84 Å². The zero-order valence-electron chi connectivity index (χ0n) is 18.0. The van der Waals surface area contributed by atoms with Crippen LogP contribution in [-0.2, 0) is 21.4 Å². The Morgan fingerprint density at radius 1 is 1.09 bits per heavy atom. The van der Waals surface area contributed by atoms with E-state index >= 15 is 0 Å². The molecule has 33 heavy (non-hydrogen) atoms. The van der Waals surface area contributed by atoms with Crippen molar-refractivity contribution >= 4 is 23.7 Å². The maximum atomic E-state index is 12.6. The lowest BCUT2D eigenvalue weighted by Gasteiger charge is -2.19. The highest BCUT2D eigenvalue weighted by atomic mass is 16.5. The molecule has 0 aliphatic heterocycles. The Kier molecular flexibility index (Phi) is 6.39. The molecule has 0 saturated heterocycles. The normalized spacial score (nSPS) is 13.0. The zero-order valence-corrected chi connectivity index (χ0v) is 18.0. The van der Waals surface area contributed by atoms with E-state index in [1.54, 1.807) is 13.2 Å². The Hall–Kier alpha value is -4.14.